The molecule has 2 aliphatic rings. The van der Waals surface area contributed by atoms with Crippen LogP contribution in [0.15, 0.2) is 0 Å². The van der Waals surface area contributed by atoms with Gasteiger partial charge in [0.15, 0.2) is 0 Å². The van der Waals surface area contributed by atoms with Crippen molar-refractivity contribution in [1.29, 1.82) is 0 Å². The van der Waals surface area contributed by atoms with Crippen molar-refractivity contribution in [2.75, 3.05) is 19.7 Å². The molecule has 2 atom stereocenters. The van der Waals surface area contributed by atoms with Gasteiger partial charge in [0.05, 0.1) is 5.54 Å². The van der Waals surface area contributed by atoms with Crippen LogP contribution in [0, 0.1) is 5.92 Å². The molecule has 1 N–H and O–H groups in total. The summed E-state index contributed by atoms with van der Waals surface area (Å²) in [6.45, 7) is 8.84. The van der Waals surface area contributed by atoms with Gasteiger partial charge in [0.2, 0.25) is 0 Å². The van der Waals surface area contributed by atoms with Gasteiger partial charge in [0, 0.05) is 12.6 Å². The first-order valence-corrected chi connectivity index (χ1v) is 5.72. The minimum Gasteiger partial charge on any atom is -0.447 e. The second-order valence-electron chi connectivity index (χ2n) is 5.07. The topological polar surface area (TPSA) is 41.6 Å². The van der Waals surface area contributed by atoms with E-state index in [0.717, 1.165) is 19.5 Å². The van der Waals surface area contributed by atoms with Crippen molar-refractivity contribution in [2.45, 2.75) is 38.8 Å². The van der Waals surface area contributed by atoms with Gasteiger partial charge in [0.1, 0.15) is 6.61 Å². The number of cyclic esters (lactones) is 1. The second-order valence-corrected chi connectivity index (χ2v) is 5.07. The van der Waals surface area contributed by atoms with Gasteiger partial charge in [-0.2, -0.15) is 0 Å². The lowest BCUT2D eigenvalue weighted by molar-refractivity contribution is 0.0988. The number of hydrogen-bond donors (Lipinski definition) is 1. The van der Waals surface area contributed by atoms with Gasteiger partial charge in [-0.05, 0) is 39.7 Å². The molecule has 86 valence electrons. The van der Waals surface area contributed by atoms with Gasteiger partial charge in [-0.25, -0.2) is 4.79 Å². The number of ether oxygens (including phenoxy) is 1. The normalized spacial score (nSPS) is 36.4. The third kappa shape index (κ3) is 1.61. The summed E-state index contributed by atoms with van der Waals surface area (Å²) in [5.41, 5.74) is -0.116. The summed E-state index contributed by atoms with van der Waals surface area (Å²) in [6, 6.07) is 0.214. The van der Waals surface area contributed by atoms with Gasteiger partial charge < -0.3 is 10.1 Å². The molecule has 2 aliphatic heterocycles. The molecule has 0 aromatic rings. The molecule has 2 unspecified atom stereocenters. The number of carbonyl (C=O) groups is 1. The van der Waals surface area contributed by atoms with Crippen LogP contribution in [0.1, 0.15) is 27.2 Å². The highest BCUT2D eigenvalue weighted by Crippen LogP contribution is 2.36. The molecule has 4 heteroatoms. The van der Waals surface area contributed by atoms with Crippen molar-refractivity contribution in [3.05, 3.63) is 0 Å². The minimum absolute atomic E-state index is 0.116. The fraction of sp³-hybridized carbons (Fsp3) is 0.909. The van der Waals surface area contributed by atoms with Crippen LogP contribution < -0.4 is 5.32 Å². The summed E-state index contributed by atoms with van der Waals surface area (Å²) >= 11 is 0. The molecule has 2 saturated heterocycles. The van der Waals surface area contributed by atoms with Crippen molar-refractivity contribution in [3.63, 3.8) is 0 Å². The van der Waals surface area contributed by atoms with E-state index >= 15 is 0 Å². The Morgan fingerprint density at radius 2 is 2.33 bits per heavy atom. The molecular weight excluding hydrogens is 192 g/mol. The summed E-state index contributed by atoms with van der Waals surface area (Å²) in [7, 11) is 0. The van der Waals surface area contributed by atoms with Gasteiger partial charge in [-0.15, -0.1) is 0 Å². The third-order valence-corrected chi connectivity index (χ3v) is 3.69. The molecule has 15 heavy (non-hydrogen) atoms. The second kappa shape index (κ2) is 3.67. The van der Waals surface area contributed by atoms with E-state index in [0.29, 0.717) is 12.5 Å². The Kier molecular flexibility index (Phi) is 2.63. The maximum absolute atomic E-state index is 11.7. The van der Waals surface area contributed by atoms with E-state index in [1.165, 1.54) is 0 Å². The van der Waals surface area contributed by atoms with Crippen LogP contribution in [-0.2, 0) is 4.74 Å². The third-order valence-electron chi connectivity index (χ3n) is 3.69. The molecule has 0 saturated carbocycles. The van der Waals surface area contributed by atoms with E-state index in [9.17, 15) is 4.79 Å². The van der Waals surface area contributed by atoms with Gasteiger partial charge >= 0.3 is 6.09 Å². The molecular formula is C11H20N2O2. The van der Waals surface area contributed by atoms with E-state index in [-0.39, 0.29) is 17.7 Å². The van der Waals surface area contributed by atoms with Gasteiger partial charge in [-0.1, -0.05) is 0 Å². The number of amides is 1. The summed E-state index contributed by atoms with van der Waals surface area (Å²) in [5, 5.41) is 3.36. The number of nitrogens with one attached hydrogen (secondary N) is 1. The van der Waals surface area contributed by atoms with Crippen LogP contribution in [0.5, 0.6) is 0 Å². The average molecular weight is 212 g/mol. The Balaban J connectivity index is 2.21. The molecule has 0 bridgehead atoms. The molecule has 4 nitrogen and oxygen atoms in total. The highest BCUT2D eigenvalue weighted by Gasteiger charge is 2.50. The fourth-order valence-corrected chi connectivity index (χ4v) is 2.86. The highest BCUT2D eigenvalue weighted by atomic mass is 16.6. The molecule has 2 fully saturated rings. The Labute approximate surface area is 91.0 Å². The maximum atomic E-state index is 11.7. The Morgan fingerprint density at radius 3 is 2.87 bits per heavy atom. The first-order valence-electron chi connectivity index (χ1n) is 5.72. The molecule has 0 aromatic carbocycles. The van der Waals surface area contributed by atoms with Crippen LogP contribution in [-0.4, -0.2) is 42.3 Å². The van der Waals surface area contributed by atoms with Crippen molar-refractivity contribution in [3.8, 4) is 0 Å². The first kappa shape index (κ1) is 10.7. The summed E-state index contributed by atoms with van der Waals surface area (Å²) < 4.78 is 5.21. The quantitative estimate of drug-likeness (QED) is 0.748. The highest BCUT2D eigenvalue weighted by molar-refractivity contribution is 5.71. The van der Waals surface area contributed by atoms with Gasteiger partial charge in [-0.3, -0.25) is 4.90 Å². The maximum Gasteiger partial charge on any atom is 0.410 e. The van der Waals surface area contributed by atoms with E-state index < -0.39 is 0 Å². The van der Waals surface area contributed by atoms with Crippen molar-refractivity contribution in [1.82, 2.24) is 10.2 Å². The lowest BCUT2D eigenvalue weighted by Crippen LogP contribution is -2.53. The average Bonchev–Trinajstić information content (AvgIpc) is 2.74. The van der Waals surface area contributed by atoms with Crippen LogP contribution in [0.4, 0.5) is 4.79 Å². The minimum atomic E-state index is -0.153. The molecule has 1 amide bonds. The fourth-order valence-electron chi connectivity index (χ4n) is 2.86. The predicted molar refractivity (Wildman–Crippen MR) is 57.7 cm³/mol. The van der Waals surface area contributed by atoms with Crippen LogP contribution in [0.2, 0.25) is 0 Å². The van der Waals surface area contributed by atoms with Crippen molar-refractivity contribution < 1.29 is 9.53 Å². The number of nitrogens with zero attached hydrogens (tertiary/aromatic N) is 1. The molecule has 0 aromatic heterocycles. The summed E-state index contributed by atoms with van der Waals surface area (Å²) in [5.74, 6) is 0.520. The van der Waals surface area contributed by atoms with Crippen molar-refractivity contribution in [2.24, 2.45) is 5.92 Å². The Morgan fingerprint density at radius 1 is 1.60 bits per heavy atom. The Bertz CT molecular complexity index is 261. The van der Waals surface area contributed by atoms with E-state index in [1.807, 2.05) is 18.7 Å². The van der Waals surface area contributed by atoms with Gasteiger partial charge in [0.25, 0.3) is 0 Å². The van der Waals surface area contributed by atoms with E-state index in [4.69, 9.17) is 4.74 Å². The zero-order valence-electron chi connectivity index (χ0n) is 9.75. The van der Waals surface area contributed by atoms with Crippen LogP contribution >= 0.6 is 0 Å². The molecule has 0 aliphatic carbocycles. The number of rotatable bonds is 2. The number of hydrogen-bond acceptors (Lipinski definition) is 3. The predicted octanol–water partition coefficient (Wildman–Crippen LogP) is 1.22. The molecule has 2 heterocycles. The van der Waals surface area contributed by atoms with Crippen LogP contribution in [0.25, 0.3) is 0 Å². The zero-order valence-corrected chi connectivity index (χ0v) is 9.75. The standard InChI is InChI=1S/C11H20N2O2/c1-8(2)13-10(14)15-7-11(13,3)9-4-5-12-6-9/h8-9,12H,4-7H2,1-3H3. The molecule has 0 spiro atoms. The number of carbonyl (C=O) groups excluding carboxylic acids is 1. The summed E-state index contributed by atoms with van der Waals surface area (Å²) in [6.07, 6.45) is 0.982. The lowest BCUT2D eigenvalue weighted by Gasteiger charge is -2.39. The lowest BCUT2D eigenvalue weighted by atomic mass is 9.84. The smallest absolute Gasteiger partial charge is 0.410 e. The van der Waals surface area contributed by atoms with E-state index in [2.05, 4.69) is 12.2 Å². The first-order chi connectivity index (χ1) is 7.05. The largest absolute Gasteiger partial charge is 0.447 e. The Hall–Kier alpha value is -0.770. The zero-order chi connectivity index (χ0) is 11.1. The van der Waals surface area contributed by atoms with E-state index in [1.54, 1.807) is 0 Å². The van der Waals surface area contributed by atoms with Crippen LogP contribution in [0.3, 0.4) is 0 Å². The monoisotopic (exact) mass is 212 g/mol. The molecule has 2 rings (SSSR count). The SMILES string of the molecule is CC(C)N1C(=O)OCC1(C)C1CCNC1. The summed E-state index contributed by atoms with van der Waals surface area (Å²) in [4.78, 5) is 13.6. The van der Waals surface area contributed by atoms with Crippen molar-refractivity contribution >= 4 is 6.09 Å². The molecule has 0 radical (unpaired) electrons.